The lowest BCUT2D eigenvalue weighted by Gasteiger charge is -2.18. The molecular weight excluding hydrogens is 276 g/mol. The minimum absolute atomic E-state index is 0.464. The Morgan fingerprint density at radius 3 is 1.95 bits per heavy atom. The highest BCUT2D eigenvalue weighted by molar-refractivity contribution is 5.70. The van der Waals surface area contributed by atoms with Crippen LogP contribution in [0, 0.1) is 0 Å². The van der Waals surface area contributed by atoms with Crippen LogP contribution >= 0.6 is 0 Å². The van der Waals surface area contributed by atoms with E-state index < -0.39 is 11.8 Å². The van der Waals surface area contributed by atoms with Gasteiger partial charge in [-0.1, -0.05) is 54.6 Å². The largest absolute Gasteiger partial charge is 0.514 e. The Kier molecular flexibility index (Phi) is 4.99. The molecule has 0 fully saturated rings. The van der Waals surface area contributed by atoms with Gasteiger partial charge in [0, 0.05) is 0 Å². The van der Waals surface area contributed by atoms with Gasteiger partial charge in [0.05, 0.1) is 0 Å². The van der Waals surface area contributed by atoms with Crippen molar-refractivity contribution in [1.82, 2.24) is 0 Å². The van der Waals surface area contributed by atoms with Gasteiger partial charge in [-0.2, -0.15) is 0 Å². The average Bonchev–Trinajstić information content (AvgIpc) is 2.45. The molecule has 0 heterocycles. The molecule has 0 aliphatic carbocycles. The number of benzene rings is 2. The second-order valence-corrected chi connectivity index (χ2v) is 5.88. The van der Waals surface area contributed by atoms with Crippen molar-refractivity contribution in [3.63, 3.8) is 0 Å². The fraction of sp³-hybridized carbons (Fsp3) is 0.211. The second kappa shape index (κ2) is 6.94. The molecule has 0 unspecified atom stereocenters. The summed E-state index contributed by atoms with van der Waals surface area (Å²) in [5, 5.41) is 0. The lowest BCUT2D eigenvalue weighted by Crippen LogP contribution is -2.25. The van der Waals surface area contributed by atoms with Gasteiger partial charge in [0.1, 0.15) is 11.4 Å². The summed E-state index contributed by atoms with van der Waals surface area (Å²) >= 11 is 0. The molecule has 22 heavy (non-hydrogen) atoms. The molecule has 0 aromatic heterocycles. The first-order valence-corrected chi connectivity index (χ1v) is 7.16. The Hall–Kier alpha value is -2.55. The van der Waals surface area contributed by atoms with E-state index >= 15 is 0 Å². The first-order valence-electron chi connectivity index (χ1n) is 7.16. The molecule has 0 saturated carbocycles. The van der Waals surface area contributed by atoms with E-state index in [1.54, 1.807) is 32.9 Å². The molecule has 3 nitrogen and oxygen atoms in total. The van der Waals surface area contributed by atoms with Gasteiger partial charge in [0.15, 0.2) is 0 Å². The zero-order valence-electron chi connectivity index (χ0n) is 13.1. The molecule has 0 N–H and O–H groups in total. The van der Waals surface area contributed by atoms with E-state index in [0.29, 0.717) is 5.75 Å². The van der Waals surface area contributed by atoms with Crippen LogP contribution in [-0.4, -0.2) is 11.8 Å². The van der Waals surface area contributed by atoms with Crippen LogP contribution in [0.1, 0.15) is 31.9 Å². The molecular formula is C19H20O3. The molecule has 0 aliphatic rings. The van der Waals surface area contributed by atoms with Gasteiger partial charge in [-0.05, 0) is 44.0 Å². The Labute approximate surface area is 131 Å². The van der Waals surface area contributed by atoms with Gasteiger partial charge >= 0.3 is 6.16 Å². The summed E-state index contributed by atoms with van der Waals surface area (Å²) in [5.41, 5.74) is 1.60. The van der Waals surface area contributed by atoms with Crippen LogP contribution in [-0.2, 0) is 4.74 Å². The summed E-state index contributed by atoms with van der Waals surface area (Å²) in [6.45, 7) is 5.39. The van der Waals surface area contributed by atoms with E-state index in [4.69, 9.17) is 9.47 Å². The Balaban J connectivity index is 1.96. The van der Waals surface area contributed by atoms with Gasteiger partial charge in [-0.25, -0.2) is 4.79 Å². The third kappa shape index (κ3) is 5.44. The van der Waals surface area contributed by atoms with Crippen molar-refractivity contribution in [3.05, 3.63) is 65.7 Å². The molecule has 0 atom stereocenters. The predicted molar refractivity (Wildman–Crippen MR) is 88.7 cm³/mol. The maximum Gasteiger partial charge on any atom is 0.514 e. The van der Waals surface area contributed by atoms with Crippen molar-refractivity contribution < 1.29 is 14.3 Å². The van der Waals surface area contributed by atoms with Crippen LogP contribution < -0.4 is 4.74 Å². The number of carbonyl (C=O) groups excluding carboxylic acids is 1. The molecule has 0 spiro atoms. The Morgan fingerprint density at radius 2 is 1.41 bits per heavy atom. The molecule has 2 aromatic rings. The summed E-state index contributed by atoms with van der Waals surface area (Å²) in [7, 11) is 0. The van der Waals surface area contributed by atoms with Crippen molar-refractivity contribution >= 4 is 18.3 Å². The summed E-state index contributed by atoms with van der Waals surface area (Å²) < 4.78 is 10.2. The molecule has 2 rings (SSSR count). The predicted octanol–water partition coefficient (Wildman–Crippen LogP) is 5.17. The highest BCUT2D eigenvalue weighted by atomic mass is 16.7. The zero-order chi connectivity index (χ0) is 16.0. The van der Waals surface area contributed by atoms with Crippen LogP contribution in [0.3, 0.4) is 0 Å². The number of ether oxygens (including phenoxy) is 2. The molecule has 0 aliphatic heterocycles. The van der Waals surface area contributed by atoms with Crippen LogP contribution in [0.25, 0.3) is 12.2 Å². The second-order valence-electron chi connectivity index (χ2n) is 5.88. The van der Waals surface area contributed by atoms with Crippen molar-refractivity contribution in [2.24, 2.45) is 0 Å². The number of rotatable bonds is 3. The van der Waals surface area contributed by atoms with Crippen LogP contribution in [0.5, 0.6) is 5.75 Å². The summed E-state index contributed by atoms with van der Waals surface area (Å²) in [4.78, 5) is 11.6. The van der Waals surface area contributed by atoms with Gasteiger partial charge in [0.2, 0.25) is 0 Å². The highest BCUT2D eigenvalue weighted by Crippen LogP contribution is 2.16. The quantitative estimate of drug-likeness (QED) is 0.445. The van der Waals surface area contributed by atoms with Gasteiger partial charge in [0.25, 0.3) is 0 Å². The summed E-state index contributed by atoms with van der Waals surface area (Å²) in [6, 6.07) is 17.3. The topological polar surface area (TPSA) is 35.5 Å². The maximum atomic E-state index is 11.6. The van der Waals surface area contributed by atoms with E-state index in [1.165, 1.54) is 0 Å². The van der Waals surface area contributed by atoms with Crippen LogP contribution in [0.15, 0.2) is 54.6 Å². The monoisotopic (exact) mass is 296 g/mol. The number of carbonyl (C=O) groups is 1. The first kappa shape index (κ1) is 15.8. The van der Waals surface area contributed by atoms with Crippen molar-refractivity contribution in [2.75, 3.05) is 0 Å². The third-order valence-corrected chi connectivity index (χ3v) is 2.74. The minimum atomic E-state index is -0.694. The summed E-state index contributed by atoms with van der Waals surface area (Å²) in [5.74, 6) is 0.464. The van der Waals surface area contributed by atoms with Gasteiger partial charge < -0.3 is 9.47 Å². The normalized spacial score (nSPS) is 11.4. The van der Waals surface area contributed by atoms with Crippen LogP contribution in [0.4, 0.5) is 4.79 Å². The molecule has 2 aromatic carbocycles. The maximum absolute atomic E-state index is 11.6. The van der Waals surface area contributed by atoms with Crippen molar-refractivity contribution in [2.45, 2.75) is 26.4 Å². The smallest absolute Gasteiger partial charge is 0.428 e. The third-order valence-electron chi connectivity index (χ3n) is 2.74. The van der Waals surface area contributed by atoms with E-state index in [0.717, 1.165) is 11.1 Å². The SMILES string of the molecule is CC(C)(C)OC(=O)Oc1ccc(C=Cc2ccccc2)cc1. The van der Waals surface area contributed by atoms with Gasteiger partial charge in [-0.3, -0.25) is 0 Å². The Bertz CT molecular complexity index is 635. The van der Waals surface area contributed by atoms with E-state index in [1.807, 2.05) is 54.6 Å². The molecule has 0 amide bonds. The molecule has 3 heteroatoms. The van der Waals surface area contributed by atoms with E-state index in [-0.39, 0.29) is 0 Å². The fourth-order valence-corrected chi connectivity index (χ4v) is 1.77. The molecule has 0 radical (unpaired) electrons. The lowest BCUT2D eigenvalue weighted by molar-refractivity contribution is 0.0206. The van der Waals surface area contributed by atoms with Crippen LogP contribution in [0.2, 0.25) is 0 Å². The molecule has 0 bridgehead atoms. The summed E-state index contributed by atoms with van der Waals surface area (Å²) in [6.07, 6.45) is 3.34. The van der Waals surface area contributed by atoms with E-state index in [2.05, 4.69) is 0 Å². The van der Waals surface area contributed by atoms with Gasteiger partial charge in [-0.15, -0.1) is 0 Å². The Morgan fingerprint density at radius 1 is 0.864 bits per heavy atom. The molecule has 114 valence electrons. The minimum Gasteiger partial charge on any atom is -0.428 e. The first-order chi connectivity index (χ1) is 10.4. The molecule has 0 saturated heterocycles. The number of hydrogen-bond donors (Lipinski definition) is 0. The highest BCUT2D eigenvalue weighted by Gasteiger charge is 2.17. The number of hydrogen-bond acceptors (Lipinski definition) is 3. The zero-order valence-corrected chi connectivity index (χ0v) is 13.1. The fourth-order valence-electron chi connectivity index (χ4n) is 1.77. The average molecular weight is 296 g/mol. The lowest BCUT2D eigenvalue weighted by atomic mass is 10.1. The van der Waals surface area contributed by atoms with Crippen molar-refractivity contribution in [1.29, 1.82) is 0 Å². The van der Waals surface area contributed by atoms with E-state index in [9.17, 15) is 4.79 Å². The van der Waals surface area contributed by atoms with Crippen molar-refractivity contribution in [3.8, 4) is 5.75 Å². The standard InChI is InChI=1S/C19H20O3/c1-19(2,3)22-18(20)21-17-13-11-16(12-14-17)10-9-15-7-5-4-6-8-15/h4-14H,1-3H3.